The van der Waals surface area contributed by atoms with Gasteiger partial charge in [-0.05, 0) is 56.9 Å². The van der Waals surface area contributed by atoms with Crippen molar-refractivity contribution in [1.82, 2.24) is 9.88 Å². The van der Waals surface area contributed by atoms with Crippen LogP contribution in [0.4, 0.5) is 13.9 Å². The minimum absolute atomic E-state index is 0.0578. The fourth-order valence-corrected chi connectivity index (χ4v) is 5.11. The summed E-state index contributed by atoms with van der Waals surface area (Å²) >= 11 is 4.37. The summed E-state index contributed by atoms with van der Waals surface area (Å²) < 4.78 is 34.2. The van der Waals surface area contributed by atoms with Crippen molar-refractivity contribution in [2.75, 3.05) is 12.4 Å². The molecule has 0 spiro atoms. The Balaban J connectivity index is 1.53. The molecule has 6 nitrogen and oxygen atoms in total. The molecule has 182 valence electrons. The van der Waals surface area contributed by atoms with Crippen LogP contribution in [0.25, 0.3) is 11.1 Å². The second kappa shape index (κ2) is 9.79. The molecule has 2 heterocycles. The maximum Gasteiger partial charge on any atom is 0.258 e. The van der Waals surface area contributed by atoms with E-state index in [1.165, 1.54) is 47.6 Å². The van der Waals surface area contributed by atoms with Gasteiger partial charge in [0.25, 0.3) is 11.8 Å². The van der Waals surface area contributed by atoms with E-state index in [1.807, 2.05) is 0 Å². The summed E-state index contributed by atoms with van der Waals surface area (Å²) in [5.74, 6) is -1.65. The maximum atomic E-state index is 14.8. The molecule has 0 fully saturated rings. The first-order valence-corrected chi connectivity index (χ1v) is 12.5. The molecule has 3 aromatic carbocycles. The van der Waals surface area contributed by atoms with Gasteiger partial charge in [0.1, 0.15) is 23.4 Å². The second-order valence-electron chi connectivity index (χ2n) is 8.02. The molecule has 5 rings (SSSR count). The fraction of sp³-hybridized carbons (Fsp3) is 0.115. The van der Waals surface area contributed by atoms with E-state index >= 15 is 0 Å². The van der Waals surface area contributed by atoms with Crippen molar-refractivity contribution in [3.63, 3.8) is 0 Å². The lowest BCUT2D eigenvalue weighted by molar-refractivity contribution is -0.120. The topological polar surface area (TPSA) is 71.5 Å². The first-order valence-electron chi connectivity index (χ1n) is 10.8. The number of thiazole rings is 1. The molecule has 1 aliphatic rings. The maximum absolute atomic E-state index is 14.8. The summed E-state index contributed by atoms with van der Waals surface area (Å²) in [4.78, 5) is 32.2. The molecule has 1 N–H and O–H groups in total. The van der Waals surface area contributed by atoms with Crippen molar-refractivity contribution in [3.05, 3.63) is 99.0 Å². The number of hydrogen-bond acceptors (Lipinski definition) is 5. The van der Waals surface area contributed by atoms with Crippen molar-refractivity contribution >= 4 is 44.2 Å². The predicted octanol–water partition coefficient (Wildman–Crippen LogP) is 6.20. The zero-order valence-electron chi connectivity index (χ0n) is 18.8. The number of nitrogens with zero attached hydrogens (tertiary/aromatic N) is 2. The van der Waals surface area contributed by atoms with Crippen molar-refractivity contribution in [1.29, 1.82) is 0 Å². The number of aromatic nitrogens is 1. The van der Waals surface area contributed by atoms with Gasteiger partial charge in [-0.15, -0.1) is 11.3 Å². The van der Waals surface area contributed by atoms with E-state index in [0.717, 1.165) is 0 Å². The number of benzene rings is 3. The number of methoxy groups -OCH3 is 1. The van der Waals surface area contributed by atoms with Crippen LogP contribution in [0, 0.1) is 11.6 Å². The lowest BCUT2D eigenvalue weighted by Gasteiger charge is -2.27. The molecular formula is C26H18BrF2N3O3S. The summed E-state index contributed by atoms with van der Waals surface area (Å²) in [6.45, 7) is 0.0633. The summed E-state index contributed by atoms with van der Waals surface area (Å²) in [6.07, 6.45) is 1.56. The first-order chi connectivity index (χ1) is 17.4. The van der Waals surface area contributed by atoms with Gasteiger partial charge in [-0.2, -0.15) is 0 Å². The van der Waals surface area contributed by atoms with Crippen molar-refractivity contribution in [3.8, 4) is 16.9 Å². The number of hydrogen-bond donors (Lipinski definition) is 1. The van der Waals surface area contributed by atoms with E-state index in [2.05, 4.69) is 26.2 Å². The Hall–Kier alpha value is -3.63. The van der Waals surface area contributed by atoms with Crippen LogP contribution in [0.2, 0.25) is 0 Å². The Morgan fingerprint density at radius 1 is 1.17 bits per heavy atom. The molecule has 0 aliphatic carbocycles. The number of carbonyl (C=O) groups is 2. The molecule has 1 atom stereocenters. The Morgan fingerprint density at radius 2 is 1.94 bits per heavy atom. The van der Waals surface area contributed by atoms with Gasteiger partial charge in [-0.1, -0.05) is 30.3 Å². The standard InChI is InChI=1S/C26H18BrF2N3O3S/c1-35-20-9-7-17(28)12-18(20)14-2-4-15(5-3-14)23(24(33)31-26-30-10-11-36-26)32-13-16-6-8-19(27)22(29)21(16)25(32)34/h2-12,23H,13H2,1H3,(H,30,31,33). The van der Waals surface area contributed by atoms with E-state index in [-0.39, 0.29) is 16.6 Å². The fourth-order valence-electron chi connectivity index (χ4n) is 4.24. The van der Waals surface area contributed by atoms with Crippen LogP contribution < -0.4 is 10.1 Å². The smallest absolute Gasteiger partial charge is 0.258 e. The molecule has 1 aliphatic heterocycles. The van der Waals surface area contributed by atoms with Gasteiger partial charge >= 0.3 is 0 Å². The molecule has 2 amide bonds. The van der Waals surface area contributed by atoms with Crippen LogP contribution in [0.3, 0.4) is 0 Å². The molecule has 0 saturated heterocycles. The van der Waals surface area contributed by atoms with E-state index in [1.54, 1.807) is 41.9 Å². The zero-order chi connectivity index (χ0) is 25.4. The van der Waals surface area contributed by atoms with Gasteiger partial charge in [0, 0.05) is 23.7 Å². The number of fused-ring (bicyclic) bond motifs is 1. The highest BCUT2D eigenvalue weighted by Gasteiger charge is 2.39. The molecule has 10 heteroatoms. The highest BCUT2D eigenvalue weighted by molar-refractivity contribution is 9.10. The lowest BCUT2D eigenvalue weighted by atomic mass is 9.98. The largest absolute Gasteiger partial charge is 0.496 e. The van der Waals surface area contributed by atoms with Crippen LogP contribution in [-0.4, -0.2) is 28.8 Å². The van der Waals surface area contributed by atoms with Gasteiger partial charge in [0.15, 0.2) is 5.13 Å². The molecular weight excluding hydrogens is 552 g/mol. The van der Waals surface area contributed by atoms with Gasteiger partial charge in [-0.25, -0.2) is 13.8 Å². The van der Waals surface area contributed by atoms with Crippen molar-refractivity contribution < 1.29 is 23.1 Å². The Morgan fingerprint density at radius 3 is 2.64 bits per heavy atom. The third-order valence-corrected chi connectivity index (χ3v) is 7.22. The van der Waals surface area contributed by atoms with Crippen LogP contribution >= 0.6 is 27.3 Å². The quantitative estimate of drug-likeness (QED) is 0.300. The SMILES string of the molecule is COc1ccc(F)cc1-c1ccc(C(C(=O)Nc2nccs2)N2Cc3ccc(Br)c(F)c3C2=O)cc1. The third kappa shape index (κ3) is 4.38. The van der Waals surface area contributed by atoms with Crippen LogP contribution in [0.5, 0.6) is 5.75 Å². The van der Waals surface area contributed by atoms with Crippen LogP contribution in [-0.2, 0) is 11.3 Å². The van der Waals surface area contributed by atoms with E-state index in [9.17, 15) is 18.4 Å². The summed E-state index contributed by atoms with van der Waals surface area (Å²) in [6, 6.07) is 13.2. The summed E-state index contributed by atoms with van der Waals surface area (Å²) in [5.41, 5.74) is 2.15. The monoisotopic (exact) mass is 569 g/mol. The van der Waals surface area contributed by atoms with E-state index < -0.39 is 29.5 Å². The first kappa shape index (κ1) is 24.1. The average molecular weight is 570 g/mol. The number of carbonyl (C=O) groups excluding carboxylic acids is 2. The molecule has 1 aromatic heterocycles. The highest BCUT2D eigenvalue weighted by Crippen LogP contribution is 2.37. The normalized spacial score (nSPS) is 13.4. The number of amides is 2. The van der Waals surface area contributed by atoms with Crippen molar-refractivity contribution in [2.45, 2.75) is 12.6 Å². The lowest BCUT2D eigenvalue weighted by Crippen LogP contribution is -2.37. The molecule has 36 heavy (non-hydrogen) atoms. The molecule has 0 saturated carbocycles. The minimum atomic E-state index is -1.06. The second-order valence-corrected chi connectivity index (χ2v) is 9.77. The average Bonchev–Trinajstić information content (AvgIpc) is 3.50. The molecule has 4 aromatic rings. The predicted molar refractivity (Wildman–Crippen MR) is 136 cm³/mol. The molecule has 1 unspecified atom stereocenters. The third-order valence-electron chi connectivity index (χ3n) is 5.92. The van der Waals surface area contributed by atoms with E-state index in [4.69, 9.17) is 4.74 Å². The number of halogens is 3. The number of anilines is 1. The van der Waals surface area contributed by atoms with Gasteiger partial charge in [0.2, 0.25) is 0 Å². The Bertz CT molecular complexity index is 1460. The van der Waals surface area contributed by atoms with Crippen LogP contribution in [0.15, 0.2) is 70.6 Å². The zero-order valence-corrected chi connectivity index (χ0v) is 21.2. The Kier molecular flexibility index (Phi) is 6.55. The van der Waals surface area contributed by atoms with Crippen LogP contribution in [0.1, 0.15) is 27.5 Å². The number of ether oxygens (including phenoxy) is 1. The number of nitrogens with one attached hydrogen (secondary N) is 1. The summed E-state index contributed by atoms with van der Waals surface area (Å²) in [5, 5.41) is 4.84. The van der Waals surface area contributed by atoms with E-state index in [0.29, 0.717) is 33.1 Å². The molecule has 0 radical (unpaired) electrons. The summed E-state index contributed by atoms with van der Waals surface area (Å²) in [7, 11) is 1.50. The minimum Gasteiger partial charge on any atom is -0.496 e. The Labute approximate surface area is 217 Å². The van der Waals surface area contributed by atoms with Gasteiger partial charge in [-0.3, -0.25) is 14.9 Å². The number of rotatable bonds is 6. The molecule has 0 bridgehead atoms. The van der Waals surface area contributed by atoms with Gasteiger partial charge in [0.05, 0.1) is 17.1 Å². The van der Waals surface area contributed by atoms with Gasteiger partial charge < -0.3 is 9.64 Å². The highest BCUT2D eigenvalue weighted by atomic mass is 79.9. The van der Waals surface area contributed by atoms with Crippen molar-refractivity contribution in [2.24, 2.45) is 0 Å².